The number of hydrogen-bond donors (Lipinski definition) is 2. The smallest absolute Gasteiger partial charge is 0.409 e. The lowest BCUT2D eigenvalue weighted by Gasteiger charge is -2.31. The zero-order valence-electron chi connectivity index (χ0n) is 14.4. The van der Waals surface area contributed by atoms with E-state index in [-0.39, 0.29) is 18.9 Å². The molecule has 0 saturated carbocycles. The minimum Gasteiger partial charge on any atom is -0.454 e. The van der Waals surface area contributed by atoms with Gasteiger partial charge in [0.1, 0.15) is 0 Å². The maximum absolute atomic E-state index is 11.7. The molecule has 2 aliphatic heterocycles. The monoisotopic (exact) mass is 348 g/mol. The number of piperidine rings is 1. The maximum Gasteiger partial charge on any atom is 0.409 e. The molecule has 1 aromatic carbocycles. The minimum atomic E-state index is -0.245. The summed E-state index contributed by atoms with van der Waals surface area (Å²) in [5.74, 6) is 1.91. The second-order valence-electron chi connectivity index (χ2n) is 5.99. The molecule has 3 N–H and O–H groups in total. The number of likely N-dealkylation sites (tertiary alicyclic amines) is 1. The predicted octanol–water partition coefficient (Wildman–Crippen LogP) is 1.44. The van der Waals surface area contributed by atoms with Crippen molar-refractivity contribution in [3.05, 3.63) is 23.8 Å². The summed E-state index contributed by atoms with van der Waals surface area (Å²) in [6.45, 7) is 4.26. The van der Waals surface area contributed by atoms with E-state index < -0.39 is 0 Å². The van der Waals surface area contributed by atoms with E-state index in [9.17, 15) is 4.79 Å². The summed E-state index contributed by atoms with van der Waals surface area (Å²) in [5.41, 5.74) is 6.99. The fourth-order valence-electron chi connectivity index (χ4n) is 2.89. The van der Waals surface area contributed by atoms with Gasteiger partial charge in [0.2, 0.25) is 6.79 Å². The first-order valence-corrected chi connectivity index (χ1v) is 8.52. The summed E-state index contributed by atoms with van der Waals surface area (Å²) in [7, 11) is 0. The summed E-state index contributed by atoms with van der Waals surface area (Å²) in [5, 5.41) is 3.23. The van der Waals surface area contributed by atoms with Gasteiger partial charge in [-0.05, 0) is 37.5 Å². The van der Waals surface area contributed by atoms with Gasteiger partial charge >= 0.3 is 6.09 Å². The number of fused-ring (bicyclic) bond motifs is 1. The van der Waals surface area contributed by atoms with Crippen LogP contribution in [0.3, 0.4) is 0 Å². The average Bonchev–Trinajstić information content (AvgIpc) is 3.08. The van der Waals surface area contributed by atoms with Crippen molar-refractivity contribution in [2.24, 2.45) is 10.7 Å². The molecule has 0 unspecified atom stereocenters. The van der Waals surface area contributed by atoms with Crippen LogP contribution < -0.4 is 20.5 Å². The van der Waals surface area contributed by atoms with E-state index in [1.807, 2.05) is 25.1 Å². The van der Waals surface area contributed by atoms with E-state index in [0.29, 0.717) is 32.2 Å². The van der Waals surface area contributed by atoms with Gasteiger partial charge in [-0.2, -0.15) is 0 Å². The van der Waals surface area contributed by atoms with Crippen molar-refractivity contribution in [1.29, 1.82) is 0 Å². The van der Waals surface area contributed by atoms with Crippen molar-refractivity contribution in [1.82, 2.24) is 10.2 Å². The lowest BCUT2D eigenvalue weighted by Crippen LogP contribution is -2.48. The van der Waals surface area contributed by atoms with Crippen molar-refractivity contribution in [2.75, 3.05) is 26.5 Å². The highest BCUT2D eigenvalue weighted by atomic mass is 16.7. The van der Waals surface area contributed by atoms with Crippen LogP contribution in [0.5, 0.6) is 11.5 Å². The van der Waals surface area contributed by atoms with Crippen LogP contribution in [0.25, 0.3) is 0 Å². The number of hydrogen-bond acceptors (Lipinski definition) is 5. The van der Waals surface area contributed by atoms with Gasteiger partial charge in [0.25, 0.3) is 0 Å². The Hall–Kier alpha value is -2.64. The van der Waals surface area contributed by atoms with Crippen LogP contribution in [0.1, 0.15) is 25.3 Å². The van der Waals surface area contributed by atoms with E-state index in [0.717, 1.165) is 29.9 Å². The SMILES string of the molecule is CCOC(=O)N1CCC(NC(N)=NCc2ccc3c(c2)OCO3)CC1. The Bertz CT molecular complexity index is 642. The Morgan fingerprint density at radius 2 is 2.12 bits per heavy atom. The van der Waals surface area contributed by atoms with Crippen LogP contribution >= 0.6 is 0 Å². The first-order valence-electron chi connectivity index (χ1n) is 8.52. The Labute approximate surface area is 146 Å². The third kappa shape index (κ3) is 4.46. The molecule has 0 atom stereocenters. The number of nitrogens with one attached hydrogen (secondary N) is 1. The third-order valence-corrected chi connectivity index (χ3v) is 4.24. The van der Waals surface area contributed by atoms with Crippen LogP contribution in [0, 0.1) is 0 Å². The van der Waals surface area contributed by atoms with E-state index in [1.165, 1.54) is 0 Å². The average molecular weight is 348 g/mol. The number of rotatable bonds is 4. The van der Waals surface area contributed by atoms with Crippen molar-refractivity contribution in [2.45, 2.75) is 32.4 Å². The van der Waals surface area contributed by atoms with Gasteiger partial charge in [-0.1, -0.05) is 6.07 Å². The van der Waals surface area contributed by atoms with Gasteiger partial charge in [0, 0.05) is 19.1 Å². The molecular weight excluding hydrogens is 324 g/mol. The molecule has 3 rings (SSSR count). The van der Waals surface area contributed by atoms with E-state index in [2.05, 4.69) is 10.3 Å². The summed E-state index contributed by atoms with van der Waals surface area (Å²) >= 11 is 0. The molecule has 0 spiro atoms. The summed E-state index contributed by atoms with van der Waals surface area (Å²) in [4.78, 5) is 17.8. The molecule has 136 valence electrons. The Morgan fingerprint density at radius 3 is 2.88 bits per heavy atom. The van der Waals surface area contributed by atoms with Crippen molar-refractivity contribution in [3.8, 4) is 11.5 Å². The van der Waals surface area contributed by atoms with Crippen LogP contribution in [-0.4, -0.2) is 49.5 Å². The molecule has 1 amide bonds. The van der Waals surface area contributed by atoms with Crippen LogP contribution in [0.15, 0.2) is 23.2 Å². The van der Waals surface area contributed by atoms with E-state index >= 15 is 0 Å². The molecular formula is C17H24N4O4. The molecule has 8 nitrogen and oxygen atoms in total. The fourth-order valence-corrected chi connectivity index (χ4v) is 2.89. The van der Waals surface area contributed by atoms with E-state index in [1.54, 1.807) is 4.90 Å². The maximum atomic E-state index is 11.7. The molecule has 1 saturated heterocycles. The summed E-state index contributed by atoms with van der Waals surface area (Å²) in [6.07, 6.45) is 1.39. The number of carbonyl (C=O) groups excluding carboxylic acids is 1. The normalized spacial score (nSPS) is 17.5. The molecule has 2 heterocycles. The van der Waals surface area contributed by atoms with Gasteiger partial charge in [-0.15, -0.1) is 0 Å². The quantitative estimate of drug-likeness (QED) is 0.631. The molecule has 0 radical (unpaired) electrons. The minimum absolute atomic E-state index is 0.214. The molecule has 0 aromatic heterocycles. The largest absolute Gasteiger partial charge is 0.454 e. The number of ether oxygens (including phenoxy) is 3. The van der Waals surface area contributed by atoms with Gasteiger partial charge in [0.15, 0.2) is 17.5 Å². The van der Waals surface area contributed by atoms with Gasteiger partial charge in [0.05, 0.1) is 13.2 Å². The van der Waals surface area contributed by atoms with Crippen molar-refractivity contribution >= 4 is 12.1 Å². The lowest BCUT2D eigenvalue weighted by atomic mass is 10.1. The Balaban J connectivity index is 1.45. The number of nitrogens with zero attached hydrogens (tertiary/aromatic N) is 2. The second-order valence-corrected chi connectivity index (χ2v) is 5.99. The number of benzene rings is 1. The van der Waals surface area contributed by atoms with Crippen LogP contribution in [0.4, 0.5) is 4.79 Å². The fraction of sp³-hybridized carbons (Fsp3) is 0.529. The highest BCUT2D eigenvalue weighted by Gasteiger charge is 2.23. The van der Waals surface area contributed by atoms with Gasteiger partial charge < -0.3 is 30.2 Å². The standard InChI is InChI=1S/C17H24N4O4/c1-2-23-17(22)21-7-5-13(6-8-21)20-16(18)19-10-12-3-4-14-15(9-12)25-11-24-14/h3-4,9,13H,2,5-8,10-11H2,1H3,(H3,18,19,20). The lowest BCUT2D eigenvalue weighted by molar-refractivity contribution is 0.0963. The van der Waals surface area contributed by atoms with Gasteiger partial charge in [-0.25, -0.2) is 9.79 Å². The Morgan fingerprint density at radius 1 is 1.36 bits per heavy atom. The summed E-state index contributed by atoms with van der Waals surface area (Å²) < 4.78 is 15.7. The van der Waals surface area contributed by atoms with E-state index in [4.69, 9.17) is 19.9 Å². The molecule has 1 fully saturated rings. The first kappa shape index (κ1) is 17.2. The van der Waals surface area contributed by atoms with Crippen LogP contribution in [-0.2, 0) is 11.3 Å². The number of carbonyl (C=O) groups is 1. The van der Waals surface area contributed by atoms with Crippen LogP contribution in [0.2, 0.25) is 0 Å². The number of amides is 1. The number of guanidine groups is 1. The van der Waals surface area contributed by atoms with Gasteiger partial charge in [-0.3, -0.25) is 0 Å². The predicted molar refractivity (Wildman–Crippen MR) is 92.6 cm³/mol. The second kappa shape index (κ2) is 7.96. The molecule has 25 heavy (non-hydrogen) atoms. The molecule has 2 aliphatic rings. The zero-order chi connectivity index (χ0) is 17.6. The Kier molecular flexibility index (Phi) is 5.47. The summed E-state index contributed by atoms with van der Waals surface area (Å²) in [6, 6.07) is 5.95. The molecule has 8 heteroatoms. The highest BCUT2D eigenvalue weighted by Crippen LogP contribution is 2.32. The van der Waals surface area contributed by atoms with Crippen molar-refractivity contribution in [3.63, 3.8) is 0 Å². The van der Waals surface area contributed by atoms with Crippen molar-refractivity contribution < 1.29 is 19.0 Å². The molecule has 0 bridgehead atoms. The first-order chi connectivity index (χ1) is 12.2. The topological polar surface area (TPSA) is 98.4 Å². The number of aliphatic imine (C=N–C) groups is 1. The highest BCUT2D eigenvalue weighted by molar-refractivity contribution is 5.78. The zero-order valence-corrected chi connectivity index (χ0v) is 14.4. The molecule has 0 aliphatic carbocycles. The third-order valence-electron chi connectivity index (χ3n) is 4.24. The number of nitrogens with two attached hydrogens (primary N) is 1. The molecule has 1 aromatic rings.